The first-order chi connectivity index (χ1) is 8.83. The number of fused-ring (bicyclic) bond motifs is 1. The molecule has 1 atom stereocenters. The Morgan fingerprint density at radius 3 is 3.17 bits per heavy atom. The molecule has 1 N–H and O–H groups in total. The van der Waals surface area contributed by atoms with Crippen molar-refractivity contribution < 1.29 is 4.52 Å². The van der Waals surface area contributed by atoms with E-state index >= 15 is 0 Å². The quantitative estimate of drug-likeness (QED) is 0.919. The summed E-state index contributed by atoms with van der Waals surface area (Å²) in [6.07, 6.45) is 1.16. The molecule has 0 fully saturated rings. The lowest BCUT2D eigenvalue weighted by Crippen LogP contribution is -2.23. The summed E-state index contributed by atoms with van der Waals surface area (Å²) in [4.78, 5) is 1.40. The first kappa shape index (κ1) is 11.8. The summed E-state index contributed by atoms with van der Waals surface area (Å²) in [5.41, 5.74) is 2.34. The van der Waals surface area contributed by atoms with Crippen LogP contribution in [0.15, 0.2) is 39.8 Å². The van der Waals surface area contributed by atoms with Crippen molar-refractivity contribution >= 4 is 11.8 Å². The van der Waals surface area contributed by atoms with Crippen LogP contribution in [0.1, 0.15) is 29.5 Å². The van der Waals surface area contributed by atoms with E-state index in [0.717, 1.165) is 24.4 Å². The van der Waals surface area contributed by atoms with E-state index in [1.807, 2.05) is 24.8 Å². The van der Waals surface area contributed by atoms with Crippen LogP contribution in [0.4, 0.5) is 0 Å². The Morgan fingerprint density at radius 1 is 1.44 bits per heavy atom. The van der Waals surface area contributed by atoms with E-state index in [2.05, 4.69) is 34.7 Å². The zero-order chi connectivity index (χ0) is 12.4. The zero-order valence-corrected chi connectivity index (χ0v) is 11.2. The topological polar surface area (TPSA) is 38.1 Å². The van der Waals surface area contributed by atoms with Gasteiger partial charge in [0.1, 0.15) is 0 Å². The van der Waals surface area contributed by atoms with Crippen molar-refractivity contribution in [2.45, 2.75) is 30.8 Å². The van der Waals surface area contributed by atoms with Crippen molar-refractivity contribution in [3.8, 4) is 0 Å². The van der Waals surface area contributed by atoms with Crippen LogP contribution >= 0.6 is 11.8 Å². The fourth-order valence-corrected chi connectivity index (χ4v) is 3.40. The van der Waals surface area contributed by atoms with Gasteiger partial charge in [0.2, 0.25) is 0 Å². The maximum absolute atomic E-state index is 5.23. The molecule has 94 valence electrons. The van der Waals surface area contributed by atoms with E-state index in [1.54, 1.807) is 0 Å². The van der Waals surface area contributed by atoms with Gasteiger partial charge in [-0.3, -0.25) is 0 Å². The van der Waals surface area contributed by atoms with Crippen LogP contribution in [0.25, 0.3) is 0 Å². The lowest BCUT2D eigenvalue weighted by Gasteiger charge is -2.25. The summed E-state index contributed by atoms with van der Waals surface area (Å²) in [6, 6.07) is 11.0. The van der Waals surface area contributed by atoms with Crippen LogP contribution in [0, 0.1) is 6.92 Å². The summed E-state index contributed by atoms with van der Waals surface area (Å²) in [7, 11) is 0. The monoisotopic (exact) mass is 260 g/mol. The highest BCUT2D eigenvalue weighted by Crippen LogP contribution is 2.35. The standard InChI is InChI=1S/C14H16N2OS/c1-10-8-11(17-16-10)9-15-13-6-7-18-14-5-3-2-4-12(13)14/h2-5,8,13,15H,6-7,9H2,1H3. The third-order valence-corrected chi connectivity index (χ3v) is 4.28. The zero-order valence-electron chi connectivity index (χ0n) is 10.3. The van der Waals surface area contributed by atoms with Crippen LogP contribution in [-0.2, 0) is 6.54 Å². The Bertz CT molecular complexity index is 538. The molecule has 0 amide bonds. The van der Waals surface area contributed by atoms with Crippen molar-refractivity contribution in [2.24, 2.45) is 0 Å². The van der Waals surface area contributed by atoms with Gasteiger partial charge < -0.3 is 9.84 Å². The largest absolute Gasteiger partial charge is 0.360 e. The highest BCUT2D eigenvalue weighted by atomic mass is 32.2. The fraction of sp³-hybridized carbons (Fsp3) is 0.357. The van der Waals surface area contributed by atoms with Gasteiger partial charge in [-0.15, -0.1) is 11.8 Å². The number of hydrogen-bond donors (Lipinski definition) is 1. The van der Waals surface area contributed by atoms with Gasteiger partial charge in [0.05, 0.1) is 12.2 Å². The van der Waals surface area contributed by atoms with Gasteiger partial charge >= 0.3 is 0 Å². The molecule has 18 heavy (non-hydrogen) atoms. The van der Waals surface area contributed by atoms with Crippen LogP contribution in [0.5, 0.6) is 0 Å². The lowest BCUT2D eigenvalue weighted by atomic mass is 10.0. The highest BCUT2D eigenvalue weighted by molar-refractivity contribution is 7.99. The first-order valence-electron chi connectivity index (χ1n) is 6.20. The number of aromatic nitrogens is 1. The van der Waals surface area contributed by atoms with Crippen LogP contribution in [-0.4, -0.2) is 10.9 Å². The van der Waals surface area contributed by atoms with E-state index in [9.17, 15) is 0 Å². The Hall–Kier alpha value is -1.26. The average molecular weight is 260 g/mol. The number of rotatable bonds is 3. The van der Waals surface area contributed by atoms with Crippen molar-refractivity contribution in [1.82, 2.24) is 10.5 Å². The minimum absolute atomic E-state index is 0.424. The maximum atomic E-state index is 5.23. The Kier molecular flexibility index (Phi) is 3.39. The number of nitrogens with zero attached hydrogens (tertiary/aromatic N) is 1. The number of hydrogen-bond acceptors (Lipinski definition) is 4. The van der Waals surface area contributed by atoms with Crippen molar-refractivity contribution in [2.75, 3.05) is 5.75 Å². The van der Waals surface area contributed by atoms with E-state index in [-0.39, 0.29) is 0 Å². The molecule has 2 aromatic rings. The number of benzene rings is 1. The molecular formula is C14H16N2OS. The van der Waals surface area contributed by atoms with Crippen molar-refractivity contribution in [3.63, 3.8) is 0 Å². The van der Waals surface area contributed by atoms with E-state index in [4.69, 9.17) is 4.52 Å². The SMILES string of the molecule is Cc1cc(CNC2CCSc3ccccc32)on1. The highest BCUT2D eigenvalue weighted by Gasteiger charge is 2.19. The lowest BCUT2D eigenvalue weighted by molar-refractivity contribution is 0.358. The average Bonchev–Trinajstić information content (AvgIpc) is 2.82. The molecule has 1 aromatic heterocycles. The molecule has 0 spiro atoms. The van der Waals surface area contributed by atoms with Crippen LogP contribution < -0.4 is 5.32 Å². The molecule has 0 saturated carbocycles. The molecule has 3 nitrogen and oxygen atoms in total. The summed E-state index contributed by atoms with van der Waals surface area (Å²) >= 11 is 1.94. The van der Waals surface area contributed by atoms with E-state index in [0.29, 0.717) is 6.04 Å². The van der Waals surface area contributed by atoms with Crippen LogP contribution in [0.2, 0.25) is 0 Å². The smallest absolute Gasteiger partial charge is 0.150 e. The van der Waals surface area contributed by atoms with Crippen molar-refractivity contribution in [3.05, 3.63) is 47.3 Å². The molecule has 4 heteroatoms. The molecular weight excluding hydrogens is 244 g/mol. The molecule has 1 unspecified atom stereocenters. The summed E-state index contributed by atoms with van der Waals surface area (Å²) in [5, 5.41) is 7.47. The van der Waals surface area contributed by atoms with E-state index in [1.165, 1.54) is 16.2 Å². The second-order valence-corrected chi connectivity index (χ2v) is 5.68. The molecule has 3 rings (SSSR count). The molecule has 2 heterocycles. The summed E-state index contributed by atoms with van der Waals surface area (Å²) in [5.74, 6) is 2.08. The molecule has 0 bridgehead atoms. The number of aryl methyl sites for hydroxylation is 1. The third-order valence-electron chi connectivity index (χ3n) is 3.16. The predicted molar refractivity (Wildman–Crippen MR) is 72.6 cm³/mol. The number of nitrogens with one attached hydrogen (secondary N) is 1. The minimum Gasteiger partial charge on any atom is -0.360 e. The second kappa shape index (κ2) is 5.16. The van der Waals surface area contributed by atoms with Gasteiger partial charge in [0, 0.05) is 17.0 Å². The maximum Gasteiger partial charge on any atom is 0.150 e. The Labute approximate surface area is 111 Å². The van der Waals surface area contributed by atoms with Gasteiger partial charge in [0.25, 0.3) is 0 Å². The third kappa shape index (κ3) is 2.44. The Morgan fingerprint density at radius 2 is 2.33 bits per heavy atom. The molecule has 0 aliphatic carbocycles. The van der Waals surface area contributed by atoms with Gasteiger partial charge in [-0.1, -0.05) is 23.4 Å². The number of thioether (sulfide) groups is 1. The molecule has 0 saturated heterocycles. The molecule has 0 radical (unpaired) electrons. The van der Waals surface area contributed by atoms with E-state index < -0.39 is 0 Å². The molecule has 1 aromatic carbocycles. The van der Waals surface area contributed by atoms with Gasteiger partial charge in [-0.05, 0) is 30.7 Å². The van der Waals surface area contributed by atoms with Crippen LogP contribution in [0.3, 0.4) is 0 Å². The molecule has 1 aliphatic heterocycles. The first-order valence-corrected chi connectivity index (χ1v) is 7.19. The second-order valence-electron chi connectivity index (χ2n) is 4.54. The Balaban J connectivity index is 1.71. The summed E-state index contributed by atoms with van der Waals surface area (Å²) in [6.45, 7) is 2.68. The predicted octanol–water partition coefficient (Wildman–Crippen LogP) is 3.31. The van der Waals surface area contributed by atoms with Crippen molar-refractivity contribution in [1.29, 1.82) is 0 Å². The summed E-state index contributed by atoms with van der Waals surface area (Å²) < 4.78 is 5.23. The van der Waals surface area contributed by atoms with Gasteiger partial charge in [0.15, 0.2) is 5.76 Å². The fourth-order valence-electron chi connectivity index (χ4n) is 2.28. The normalized spacial score (nSPS) is 18.6. The van der Waals surface area contributed by atoms with Gasteiger partial charge in [-0.25, -0.2) is 0 Å². The molecule has 1 aliphatic rings. The minimum atomic E-state index is 0.424. The van der Waals surface area contributed by atoms with Gasteiger partial charge in [-0.2, -0.15) is 0 Å².